The number of amides is 1. The second kappa shape index (κ2) is 7.26. The Morgan fingerprint density at radius 1 is 1.30 bits per heavy atom. The molecule has 1 amide bonds. The van der Waals surface area contributed by atoms with E-state index in [1.165, 1.54) is 0 Å². The maximum Gasteiger partial charge on any atom is 0.224 e. The summed E-state index contributed by atoms with van der Waals surface area (Å²) in [5.41, 5.74) is 2.66. The van der Waals surface area contributed by atoms with Crippen LogP contribution in [-0.2, 0) is 11.2 Å². The molecule has 0 saturated carbocycles. The van der Waals surface area contributed by atoms with Crippen LogP contribution in [0.2, 0.25) is 0 Å². The number of ketones is 1. The molecule has 1 aliphatic heterocycles. The van der Waals surface area contributed by atoms with Crippen molar-refractivity contribution in [3.05, 3.63) is 29.3 Å². The van der Waals surface area contributed by atoms with Crippen LogP contribution < -0.4 is 10.6 Å². The van der Waals surface area contributed by atoms with Gasteiger partial charge in [0, 0.05) is 24.1 Å². The van der Waals surface area contributed by atoms with Gasteiger partial charge >= 0.3 is 0 Å². The Labute approximate surface area is 138 Å². The molecule has 1 aromatic carbocycles. The fraction of sp³-hybridized carbons (Fsp3) is 0.579. The van der Waals surface area contributed by atoms with E-state index in [1.54, 1.807) is 0 Å². The zero-order valence-electron chi connectivity index (χ0n) is 13.9. The van der Waals surface area contributed by atoms with E-state index in [-0.39, 0.29) is 11.7 Å². The maximum absolute atomic E-state index is 12.3. The number of Topliss-reactive ketones (excluding diaryl/α,β-unsaturated/α-hetero) is 1. The molecule has 3 rings (SSSR count). The smallest absolute Gasteiger partial charge is 0.224 e. The number of carbonyl (C=O) groups excluding carboxylic acids is 2. The number of anilines is 1. The van der Waals surface area contributed by atoms with Gasteiger partial charge in [0.05, 0.1) is 0 Å². The second-order valence-electron chi connectivity index (χ2n) is 6.97. The van der Waals surface area contributed by atoms with E-state index >= 15 is 0 Å². The first-order valence-corrected chi connectivity index (χ1v) is 8.80. The summed E-state index contributed by atoms with van der Waals surface area (Å²) in [4.78, 5) is 24.3. The Bertz CT molecular complexity index is 591. The van der Waals surface area contributed by atoms with Gasteiger partial charge in [-0.25, -0.2) is 0 Å². The number of aryl methyl sites for hydroxylation is 1. The number of piperidine rings is 1. The summed E-state index contributed by atoms with van der Waals surface area (Å²) in [6, 6.07) is 5.76. The molecule has 2 aliphatic rings. The van der Waals surface area contributed by atoms with Gasteiger partial charge in [0.15, 0.2) is 5.78 Å². The zero-order chi connectivity index (χ0) is 16.2. The molecule has 0 aromatic heterocycles. The monoisotopic (exact) mass is 314 g/mol. The van der Waals surface area contributed by atoms with Crippen molar-refractivity contribution in [1.29, 1.82) is 0 Å². The lowest BCUT2D eigenvalue weighted by atomic mass is 9.84. The van der Waals surface area contributed by atoms with E-state index in [2.05, 4.69) is 17.6 Å². The highest BCUT2D eigenvalue weighted by molar-refractivity contribution is 6.00. The lowest BCUT2D eigenvalue weighted by molar-refractivity contribution is -0.117. The molecule has 0 radical (unpaired) electrons. The van der Waals surface area contributed by atoms with Crippen molar-refractivity contribution in [3.8, 4) is 0 Å². The van der Waals surface area contributed by atoms with Gasteiger partial charge in [0.25, 0.3) is 0 Å². The second-order valence-corrected chi connectivity index (χ2v) is 6.97. The fourth-order valence-electron chi connectivity index (χ4n) is 3.79. The van der Waals surface area contributed by atoms with Crippen molar-refractivity contribution in [3.63, 3.8) is 0 Å². The first-order valence-electron chi connectivity index (χ1n) is 8.80. The predicted octanol–water partition coefficient (Wildman–Crippen LogP) is 3.17. The molecule has 0 spiro atoms. The average molecular weight is 314 g/mol. The maximum atomic E-state index is 12.3. The number of hydrogen-bond donors (Lipinski definition) is 2. The van der Waals surface area contributed by atoms with Crippen LogP contribution in [0.4, 0.5) is 5.69 Å². The minimum atomic E-state index is 0.0549. The lowest BCUT2D eigenvalue weighted by Crippen LogP contribution is -2.32. The van der Waals surface area contributed by atoms with Crippen molar-refractivity contribution in [2.45, 2.75) is 45.4 Å². The van der Waals surface area contributed by atoms with Crippen LogP contribution in [0, 0.1) is 11.8 Å². The van der Waals surface area contributed by atoms with Crippen LogP contribution >= 0.6 is 0 Å². The molecular weight excluding hydrogens is 288 g/mol. The topological polar surface area (TPSA) is 58.2 Å². The molecule has 124 valence electrons. The highest BCUT2D eigenvalue weighted by Crippen LogP contribution is 2.26. The summed E-state index contributed by atoms with van der Waals surface area (Å²) < 4.78 is 0. The van der Waals surface area contributed by atoms with E-state index in [0.717, 1.165) is 55.6 Å². The van der Waals surface area contributed by atoms with Crippen LogP contribution in [-0.4, -0.2) is 24.8 Å². The number of fused-ring (bicyclic) bond motifs is 1. The van der Waals surface area contributed by atoms with Gasteiger partial charge < -0.3 is 10.6 Å². The molecule has 1 fully saturated rings. The van der Waals surface area contributed by atoms with Gasteiger partial charge in [-0.15, -0.1) is 0 Å². The van der Waals surface area contributed by atoms with Crippen LogP contribution in [0.5, 0.6) is 0 Å². The molecule has 1 saturated heterocycles. The van der Waals surface area contributed by atoms with Gasteiger partial charge in [0.2, 0.25) is 5.91 Å². The van der Waals surface area contributed by atoms with Crippen LogP contribution in [0.25, 0.3) is 0 Å². The van der Waals surface area contributed by atoms with Crippen molar-refractivity contribution in [2.75, 3.05) is 18.4 Å². The molecular formula is C19H26N2O2. The van der Waals surface area contributed by atoms with Gasteiger partial charge in [-0.2, -0.15) is 0 Å². The Balaban J connectivity index is 1.59. The van der Waals surface area contributed by atoms with Crippen LogP contribution in [0.1, 0.15) is 54.9 Å². The van der Waals surface area contributed by atoms with Crippen molar-refractivity contribution >= 4 is 17.4 Å². The minimum absolute atomic E-state index is 0.0549. The molecule has 1 aromatic rings. The standard InChI is InChI=1S/C19H26N2O2/c1-13(14-7-9-20-10-8-14)11-19(23)21-16-6-5-15-3-2-4-18(22)17(15)12-16/h5-6,12-14,20H,2-4,7-11H2,1H3,(H,21,23). The summed E-state index contributed by atoms with van der Waals surface area (Å²) >= 11 is 0. The third-order valence-corrected chi connectivity index (χ3v) is 5.24. The zero-order valence-corrected chi connectivity index (χ0v) is 13.9. The largest absolute Gasteiger partial charge is 0.326 e. The Morgan fingerprint density at radius 2 is 2.09 bits per heavy atom. The molecule has 2 N–H and O–H groups in total. The molecule has 1 aliphatic carbocycles. The summed E-state index contributed by atoms with van der Waals surface area (Å²) in [6.07, 6.45) is 5.38. The number of nitrogens with one attached hydrogen (secondary N) is 2. The summed E-state index contributed by atoms with van der Waals surface area (Å²) in [5.74, 6) is 1.29. The third-order valence-electron chi connectivity index (χ3n) is 5.24. The highest BCUT2D eigenvalue weighted by Gasteiger charge is 2.22. The first-order chi connectivity index (χ1) is 11.1. The Kier molecular flexibility index (Phi) is 5.11. The molecule has 1 unspecified atom stereocenters. The van der Waals surface area contributed by atoms with Gasteiger partial charge in [0.1, 0.15) is 0 Å². The lowest BCUT2D eigenvalue weighted by Gasteiger charge is -2.27. The molecule has 23 heavy (non-hydrogen) atoms. The fourth-order valence-corrected chi connectivity index (χ4v) is 3.79. The summed E-state index contributed by atoms with van der Waals surface area (Å²) in [7, 11) is 0. The van der Waals surface area contributed by atoms with Crippen molar-refractivity contribution in [1.82, 2.24) is 5.32 Å². The summed E-state index contributed by atoms with van der Waals surface area (Å²) in [5, 5.41) is 6.34. The van der Waals surface area contributed by atoms with Crippen LogP contribution in [0.15, 0.2) is 18.2 Å². The Morgan fingerprint density at radius 3 is 2.87 bits per heavy atom. The quantitative estimate of drug-likeness (QED) is 0.897. The average Bonchev–Trinajstić information content (AvgIpc) is 2.56. The number of carbonyl (C=O) groups is 2. The van der Waals surface area contributed by atoms with Crippen LogP contribution in [0.3, 0.4) is 0 Å². The number of benzene rings is 1. The SMILES string of the molecule is CC(CC(=O)Nc1ccc2c(c1)C(=O)CCC2)C1CCNCC1. The first kappa shape index (κ1) is 16.2. The number of hydrogen-bond acceptors (Lipinski definition) is 3. The molecule has 4 heteroatoms. The molecule has 1 atom stereocenters. The van der Waals surface area contributed by atoms with Gasteiger partial charge in [-0.05, 0) is 68.3 Å². The predicted molar refractivity (Wildman–Crippen MR) is 91.7 cm³/mol. The minimum Gasteiger partial charge on any atom is -0.326 e. The van der Waals surface area contributed by atoms with Gasteiger partial charge in [-0.3, -0.25) is 9.59 Å². The molecule has 4 nitrogen and oxygen atoms in total. The van der Waals surface area contributed by atoms with E-state index in [1.807, 2.05) is 18.2 Å². The normalized spacial score (nSPS) is 20.0. The van der Waals surface area contributed by atoms with E-state index < -0.39 is 0 Å². The third kappa shape index (κ3) is 3.99. The molecule has 0 bridgehead atoms. The van der Waals surface area contributed by atoms with Crippen molar-refractivity contribution < 1.29 is 9.59 Å². The summed E-state index contributed by atoms with van der Waals surface area (Å²) in [6.45, 7) is 4.29. The van der Waals surface area contributed by atoms with Gasteiger partial charge in [-0.1, -0.05) is 13.0 Å². The van der Waals surface area contributed by atoms with E-state index in [0.29, 0.717) is 24.7 Å². The highest BCUT2D eigenvalue weighted by atomic mass is 16.1. The number of rotatable bonds is 4. The molecule has 1 heterocycles. The Hall–Kier alpha value is -1.68. The van der Waals surface area contributed by atoms with E-state index in [9.17, 15) is 9.59 Å². The van der Waals surface area contributed by atoms with Crippen molar-refractivity contribution in [2.24, 2.45) is 11.8 Å². The van der Waals surface area contributed by atoms with E-state index in [4.69, 9.17) is 0 Å².